The van der Waals surface area contributed by atoms with E-state index >= 15 is 0 Å². The van der Waals surface area contributed by atoms with Gasteiger partial charge in [0.15, 0.2) is 0 Å². The van der Waals surface area contributed by atoms with Crippen molar-refractivity contribution in [1.29, 1.82) is 0 Å². The second-order valence-electron chi connectivity index (χ2n) is 6.93. The van der Waals surface area contributed by atoms with Crippen LogP contribution >= 0.6 is 34.8 Å². The highest BCUT2D eigenvalue weighted by Crippen LogP contribution is 2.32. The highest BCUT2D eigenvalue weighted by atomic mass is 35.5. The maximum Gasteiger partial charge on any atom is 0.251 e. The van der Waals surface area contributed by atoms with Crippen LogP contribution in [-0.4, -0.2) is 23.9 Å². The summed E-state index contributed by atoms with van der Waals surface area (Å²) in [4.78, 5) is 24.2. The van der Waals surface area contributed by atoms with E-state index in [0.29, 0.717) is 32.0 Å². The van der Waals surface area contributed by atoms with Crippen LogP contribution < -0.4 is 16.0 Å². The van der Waals surface area contributed by atoms with Gasteiger partial charge in [-0.25, -0.2) is 0 Å². The Hall–Kier alpha value is -1.95. The van der Waals surface area contributed by atoms with Crippen molar-refractivity contribution in [3.05, 3.63) is 57.0 Å². The van der Waals surface area contributed by atoms with Crippen LogP contribution in [0.3, 0.4) is 0 Å². The van der Waals surface area contributed by atoms with E-state index in [2.05, 4.69) is 16.0 Å². The molecule has 0 heterocycles. The topological polar surface area (TPSA) is 70.2 Å². The van der Waals surface area contributed by atoms with Gasteiger partial charge in [-0.2, -0.15) is 0 Å². The minimum Gasteiger partial charge on any atom is -0.375 e. The summed E-state index contributed by atoms with van der Waals surface area (Å²) in [6.07, 6.45) is 0. The summed E-state index contributed by atoms with van der Waals surface area (Å²) in [5, 5.41) is 9.57. The van der Waals surface area contributed by atoms with Gasteiger partial charge in [-0.3, -0.25) is 9.59 Å². The lowest BCUT2D eigenvalue weighted by Gasteiger charge is -2.20. The highest BCUT2D eigenvalue weighted by Gasteiger charge is 2.15. The van der Waals surface area contributed by atoms with Gasteiger partial charge in [0, 0.05) is 16.8 Å². The number of carbonyl (C=O) groups is 2. The average Bonchev–Trinajstić information content (AvgIpc) is 2.56. The highest BCUT2D eigenvalue weighted by molar-refractivity contribution is 6.44. The summed E-state index contributed by atoms with van der Waals surface area (Å²) in [6.45, 7) is 5.72. The molecule has 2 rings (SSSR count). The van der Waals surface area contributed by atoms with Crippen LogP contribution in [0.2, 0.25) is 15.1 Å². The van der Waals surface area contributed by atoms with Gasteiger partial charge in [0.05, 0.1) is 27.3 Å². The molecule has 3 N–H and O–H groups in total. The summed E-state index contributed by atoms with van der Waals surface area (Å²) in [6, 6.07) is 9.71. The molecule has 2 aromatic carbocycles. The molecule has 0 bridgehead atoms. The normalized spacial score (nSPS) is 11.0. The Balaban J connectivity index is 1.92. The number of halogens is 3. The summed E-state index contributed by atoms with van der Waals surface area (Å²) in [5.41, 5.74) is 1.29. The van der Waals surface area contributed by atoms with Gasteiger partial charge in [0.2, 0.25) is 5.91 Å². The monoisotopic (exact) mass is 427 g/mol. The van der Waals surface area contributed by atoms with Gasteiger partial charge in [-0.1, -0.05) is 34.8 Å². The predicted molar refractivity (Wildman–Crippen MR) is 112 cm³/mol. The first-order valence-electron chi connectivity index (χ1n) is 8.16. The maximum absolute atomic E-state index is 12.1. The van der Waals surface area contributed by atoms with Crippen LogP contribution in [-0.2, 0) is 4.79 Å². The van der Waals surface area contributed by atoms with Crippen molar-refractivity contribution in [3.8, 4) is 0 Å². The Morgan fingerprint density at radius 2 is 1.52 bits per heavy atom. The quantitative estimate of drug-likeness (QED) is 0.571. The molecule has 0 radical (unpaired) electrons. The lowest BCUT2D eigenvalue weighted by atomic mass is 10.1. The lowest BCUT2D eigenvalue weighted by molar-refractivity contribution is -0.114. The average molecular weight is 429 g/mol. The first-order chi connectivity index (χ1) is 12.5. The van der Waals surface area contributed by atoms with Gasteiger partial charge in [0.25, 0.3) is 5.91 Å². The summed E-state index contributed by atoms with van der Waals surface area (Å²) in [7, 11) is 0. The number of nitrogens with one attached hydrogen (secondary N) is 3. The molecule has 2 aromatic rings. The van der Waals surface area contributed by atoms with Crippen LogP contribution in [0.1, 0.15) is 31.1 Å². The molecule has 0 aromatic heterocycles. The Labute approximate surface area is 173 Å². The fraction of sp³-hybridized carbons (Fsp3) is 0.263. The third-order valence-corrected chi connectivity index (χ3v) is 4.40. The number of anilines is 2. The van der Waals surface area contributed by atoms with Gasteiger partial charge >= 0.3 is 0 Å². The Morgan fingerprint density at radius 1 is 0.926 bits per heavy atom. The van der Waals surface area contributed by atoms with Crippen molar-refractivity contribution in [1.82, 2.24) is 5.32 Å². The zero-order chi connectivity index (χ0) is 20.2. The second kappa shape index (κ2) is 8.83. The summed E-state index contributed by atoms with van der Waals surface area (Å²) in [5.74, 6) is -0.444. The van der Waals surface area contributed by atoms with Crippen LogP contribution in [0.15, 0.2) is 36.4 Å². The van der Waals surface area contributed by atoms with Crippen molar-refractivity contribution in [2.45, 2.75) is 26.3 Å². The molecule has 0 aliphatic rings. The number of hydrogen-bond acceptors (Lipinski definition) is 3. The van der Waals surface area contributed by atoms with Crippen molar-refractivity contribution in [2.24, 2.45) is 0 Å². The minimum absolute atomic E-state index is 0.00998. The minimum atomic E-state index is -0.318. The molecule has 0 saturated heterocycles. The number of amides is 2. The van der Waals surface area contributed by atoms with E-state index in [1.165, 1.54) is 6.07 Å². The van der Waals surface area contributed by atoms with Gasteiger partial charge in [-0.05, 0) is 57.2 Å². The molecule has 0 aliphatic carbocycles. The maximum atomic E-state index is 12.1. The lowest BCUT2D eigenvalue weighted by Crippen LogP contribution is -2.40. The largest absolute Gasteiger partial charge is 0.375 e. The third-order valence-electron chi connectivity index (χ3n) is 3.37. The fourth-order valence-electron chi connectivity index (χ4n) is 2.16. The first-order valence-corrected chi connectivity index (χ1v) is 9.29. The molecule has 0 aliphatic heterocycles. The number of benzene rings is 2. The smallest absolute Gasteiger partial charge is 0.251 e. The van der Waals surface area contributed by atoms with Crippen molar-refractivity contribution in [3.63, 3.8) is 0 Å². The Kier molecular flexibility index (Phi) is 6.98. The molecule has 27 heavy (non-hydrogen) atoms. The molecule has 144 valence electrons. The van der Waals surface area contributed by atoms with Crippen LogP contribution in [0.25, 0.3) is 0 Å². The van der Waals surface area contributed by atoms with E-state index in [9.17, 15) is 9.59 Å². The van der Waals surface area contributed by atoms with E-state index in [1.54, 1.807) is 30.3 Å². The van der Waals surface area contributed by atoms with E-state index in [0.717, 1.165) is 0 Å². The van der Waals surface area contributed by atoms with Gasteiger partial charge in [-0.15, -0.1) is 0 Å². The third kappa shape index (κ3) is 6.61. The summed E-state index contributed by atoms with van der Waals surface area (Å²) < 4.78 is 0. The van der Waals surface area contributed by atoms with Crippen LogP contribution in [0.4, 0.5) is 11.4 Å². The van der Waals surface area contributed by atoms with E-state index < -0.39 is 0 Å². The standard InChI is InChI=1S/C19H20Cl3N3O2/c1-19(2,3)25-18(27)11-4-6-12(7-5-11)24-17(26)10-23-16-9-14(21)13(20)8-15(16)22/h4-9,23H,10H2,1-3H3,(H,24,26)(H,25,27). The molecule has 0 spiro atoms. The predicted octanol–water partition coefficient (Wildman–Crippen LogP) is 5.23. The molecular weight excluding hydrogens is 409 g/mol. The van der Waals surface area contributed by atoms with Crippen molar-refractivity contribution >= 4 is 58.0 Å². The van der Waals surface area contributed by atoms with Crippen molar-refractivity contribution < 1.29 is 9.59 Å². The molecule has 5 nitrogen and oxygen atoms in total. The Morgan fingerprint density at radius 3 is 2.11 bits per heavy atom. The SMILES string of the molecule is CC(C)(C)NC(=O)c1ccc(NC(=O)CNc2cc(Cl)c(Cl)cc2Cl)cc1. The fourth-order valence-corrected chi connectivity index (χ4v) is 2.77. The Bertz CT molecular complexity index is 847. The van der Waals surface area contributed by atoms with E-state index in [1.807, 2.05) is 20.8 Å². The van der Waals surface area contributed by atoms with E-state index in [-0.39, 0.29) is 23.9 Å². The zero-order valence-corrected chi connectivity index (χ0v) is 17.4. The van der Waals surface area contributed by atoms with Gasteiger partial charge in [0.1, 0.15) is 0 Å². The molecule has 0 unspecified atom stereocenters. The zero-order valence-electron chi connectivity index (χ0n) is 15.1. The number of rotatable bonds is 5. The number of hydrogen-bond donors (Lipinski definition) is 3. The second-order valence-corrected chi connectivity index (χ2v) is 8.15. The first kappa shape index (κ1) is 21.4. The molecule has 2 amide bonds. The number of carbonyl (C=O) groups excluding carboxylic acids is 2. The molecular formula is C19H20Cl3N3O2. The van der Waals surface area contributed by atoms with Crippen LogP contribution in [0, 0.1) is 0 Å². The summed E-state index contributed by atoms with van der Waals surface area (Å²) >= 11 is 17.9. The molecule has 0 saturated carbocycles. The van der Waals surface area contributed by atoms with E-state index in [4.69, 9.17) is 34.8 Å². The van der Waals surface area contributed by atoms with Gasteiger partial charge < -0.3 is 16.0 Å². The molecule has 0 atom stereocenters. The van der Waals surface area contributed by atoms with Crippen LogP contribution in [0.5, 0.6) is 0 Å². The van der Waals surface area contributed by atoms with Crippen molar-refractivity contribution in [2.75, 3.05) is 17.2 Å². The molecule has 0 fully saturated rings. The molecule has 8 heteroatoms.